The van der Waals surface area contributed by atoms with Crippen LogP contribution < -0.4 is 11.1 Å². The Morgan fingerprint density at radius 2 is 1.81 bits per heavy atom. The van der Waals surface area contributed by atoms with E-state index in [9.17, 15) is 9.59 Å². The summed E-state index contributed by atoms with van der Waals surface area (Å²) in [6.07, 6.45) is 0. The first-order chi connectivity index (χ1) is 15.5. The minimum Gasteiger partial charge on any atom is -0.366 e. The molecule has 158 valence electrons. The highest BCUT2D eigenvalue weighted by molar-refractivity contribution is 7.13. The molecular weight excluding hydrogens is 418 g/mol. The van der Waals surface area contributed by atoms with Gasteiger partial charge in [0, 0.05) is 40.4 Å². The lowest BCUT2D eigenvalue weighted by Gasteiger charge is -2.10. The zero-order valence-corrected chi connectivity index (χ0v) is 18.3. The fourth-order valence-corrected chi connectivity index (χ4v) is 4.97. The minimum atomic E-state index is -0.440. The maximum atomic E-state index is 12.2. The van der Waals surface area contributed by atoms with Crippen LogP contribution in [0.25, 0.3) is 32.2 Å². The molecule has 0 atom stereocenters. The van der Waals surface area contributed by atoms with E-state index in [0.29, 0.717) is 12.1 Å². The van der Waals surface area contributed by atoms with Crippen LogP contribution in [-0.4, -0.2) is 16.4 Å². The van der Waals surface area contributed by atoms with Gasteiger partial charge in [-0.15, -0.1) is 11.3 Å². The molecule has 0 saturated carbocycles. The number of hydrogen-bond acceptors (Lipinski definition) is 3. The molecule has 3 N–H and O–H groups in total. The molecule has 6 heteroatoms. The monoisotopic (exact) mass is 439 g/mol. The van der Waals surface area contributed by atoms with Gasteiger partial charge in [0.2, 0.25) is 11.8 Å². The molecular formula is C26H21N3O2S. The van der Waals surface area contributed by atoms with Crippen molar-refractivity contribution in [1.82, 2.24) is 4.57 Å². The Morgan fingerprint density at radius 3 is 2.56 bits per heavy atom. The molecule has 5 rings (SSSR count). The number of aromatic nitrogens is 1. The van der Waals surface area contributed by atoms with Crippen molar-refractivity contribution < 1.29 is 9.59 Å². The molecule has 2 aromatic heterocycles. The Balaban J connectivity index is 1.74. The standard InChI is InChI=1S/C26H21N3O2S/c1-16(30)28-19-6-2-5-17(13-19)15-29-22-8-3-7-21(26(27)31)25(22)20-11-10-18(14-23(20)29)24-9-4-12-32-24/h2-14H,15H2,1H3,(H2,27,31)(H,28,30). The molecule has 3 aromatic carbocycles. The third-order valence-corrected chi connectivity index (χ3v) is 6.47. The number of amides is 2. The first-order valence-corrected chi connectivity index (χ1v) is 11.1. The van der Waals surface area contributed by atoms with Gasteiger partial charge < -0.3 is 15.6 Å². The van der Waals surface area contributed by atoms with Crippen LogP contribution in [0.5, 0.6) is 0 Å². The number of nitrogens with two attached hydrogens (primary N) is 1. The fraction of sp³-hybridized carbons (Fsp3) is 0.0769. The quantitative estimate of drug-likeness (QED) is 0.372. The second kappa shape index (κ2) is 7.98. The van der Waals surface area contributed by atoms with E-state index in [1.807, 2.05) is 42.5 Å². The van der Waals surface area contributed by atoms with Gasteiger partial charge in [0.15, 0.2) is 0 Å². The molecule has 0 unspecified atom stereocenters. The van der Waals surface area contributed by atoms with Crippen molar-refractivity contribution in [2.24, 2.45) is 5.73 Å². The lowest BCUT2D eigenvalue weighted by atomic mass is 10.0. The Labute approximate surface area is 189 Å². The van der Waals surface area contributed by atoms with E-state index in [0.717, 1.165) is 38.6 Å². The molecule has 2 amide bonds. The number of carbonyl (C=O) groups is 2. The van der Waals surface area contributed by atoms with Crippen molar-refractivity contribution in [3.8, 4) is 10.4 Å². The van der Waals surface area contributed by atoms with Crippen molar-refractivity contribution in [1.29, 1.82) is 0 Å². The Morgan fingerprint density at radius 1 is 0.969 bits per heavy atom. The van der Waals surface area contributed by atoms with Gasteiger partial charge in [0.1, 0.15) is 0 Å². The number of benzene rings is 3. The van der Waals surface area contributed by atoms with Crippen LogP contribution >= 0.6 is 11.3 Å². The highest BCUT2D eigenvalue weighted by Gasteiger charge is 2.17. The smallest absolute Gasteiger partial charge is 0.249 e. The van der Waals surface area contributed by atoms with Gasteiger partial charge in [-0.2, -0.15) is 0 Å². The van der Waals surface area contributed by atoms with Crippen LogP contribution in [-0.2, 0) is 11.3 Å². The number of hydrogen-bond donors (Lipinski definition) is 2. The molecule has 0 aliphatic rings. The molecule has 5 aromatic rings. The molecule has 0 saturated heterocycles. The van der Waals surface area contributed by atoms with Crippen LogP contribution in [0.3, 0.4) is 0 Å². The number of fused-ring (bicyclic) bond motifs is 3. The molecule has 0 bridgehead atoms. The zero-order valence-electron chi connectivity index (χ0n) is 17.5. The van der Waals surface area contributed by atoms with Crippen LogP contribution in [0, 0.1) is 0 Å². The van der Waals surface area contributed by atoms with Crippen molar-refractivity contribution in [3.63, 3.8) is 0 Å². The maximum absolute atomic E-state index is 12.2. The third-order valence-electron chi connectivity index (χ3n) is 5.55. The zero-order chi connectivity index (χ0) is 22.2. The summed E-state index contributed by atoms with van der Waals surface area (Å²) in [5.74, 6) is -0.546. The number of nitrogens with zero attached hydrogens (tertiary/aromatic N) is 1. The summed E-state index contributed by atoms with van der Waals surface area (Å²) in [5, 5.41) is 6.77. The van der Waals surface area contributed by atoms with Crippen molar-refractivity contribution in [2.45, 2.75) is 13.5 Å². The summed E-state index contributed by atoms with van der Waals surface area (Å²) < 4.78 is 2.21. The van der Waals surface area contributed by atoms with E-state index >= 15 is 0 Å². The van der Waals surface area contributed by atoms with Gasteiger partial charge in [-0.25, -0.2) is 0 Å². The minimum absolute atomic E-state index is 0.106. The van der Waals surface area contributed by atoms with E-state index < -0.39 is 5.91 Å². The van der Waals surface area contributed by atoms with Crippen molar-refractivity contribution in [2.75, 3.05) is 5.32 Å². The van der Waals surface area contributed by atoms with Gasteiger partial charge in [0.05, 0.1) is 11.0 Å². The Kier molecular flexibility index (Phi) is 4.99. The van der Waals surface area contributed by atoms with Crippen LogP contribution in [0.1, 0.15) is 22.8 Å². The van der Waals surface area contributed by atoms with Crippen LogP contribution in [0.4, 0.5) is 5.69 Å². The number of nitrogens with one attached hydrogen (secondary N) is 1. The van der Waals surface area contributed by atoms with Gasteiger partial charge in [0.25, 0.3) is 0 Å². The predicted octanol–water partition coefficient (Wildman–Crippen LogP) is 5.63. The third kappa shape index (κ3) is 3.55. The molecule has 2 heterocycles. The summed E-state index contributed by atoms with van der Waals surface area (Å²) in [7, 11) is 0. The highest BCUT2D eigenvalue weighted by Crippen LogP contribution is 2.36. The molecule has 0 spiro atoms. The molecule has 5 nitrogen and oxygen atoms in total. The van der Waals surface area contributed by atoms with Gasteiger partial charge in [-0.1, -0.05) is 36.4 Å². The first kappa shape index (κ1) is 20.0. The molecule has 0 fully saturated rings. The molecule has 0 aliphatic heterocycles. The largest absolute Gasteiger partial charge is 0.366 e. The maximum Gasteiger partial charge on any atom is 0.249 e. The predicted molar refractivity (Wildman–Crippen MR) is 131 cm³/mol. The summed E-state index contributed by atoms with van der Waals surface area (Å²) in [6, 6.07) is 23.9. The number of anilines is 1. The van der Waals surface area contributed by atoms with Gasteiger partial charge in [-0.05, 0) is 52.9 Å². The number of rotatable bonds is 5. The Bertz CT molecular complexity index is 1480. The lowest BCUT2D eigenvalue weighted by Crippen LogP contribution is -2.11. The van der Waals surface area contributed by atoms with Crippen molar-refractivity contribution in [3.05, 3.63) is 89.3 Å². The van der Waals surface area contributed by atoms with Gasteiger partial charge in [-0.3, -0.25) is 9.59 Å². The summed E-state index contributed by atoms with van der Waals surface area (Å²) in [5.41, 5.74) is 11.1. The average Bonchev–Trinajstić information content (AvgIpc) is 3.41. The van der Waals surface area contributed by atoms with E-state index in [1.54, 1.807) is 17.4 Å². The molecule has 32 heavy (non-hydrogen) atoms. The van der Waals surface area contributed by atoms with Crippen LogP contribution in [0.2, 0.25) is 0 Å². The second-order valence-corrected chi connectivity index (χ2v) is 8.69. The molecule has 0 radical (unpaired) electrons. The number of primary amides is 1. The number of carbonyl (C=O) groups excluding carboxylic acids is 2. The topological polar surface area (TPSA) is 77.1 Å². The summed E-state index contributed by atoms with van der Waals surface area (Å²) in [4.78, 5) is 24.9. The number of thiophene rings is 1. The van der Waals surface area contributed by atoms with E-state index in [2.05, 4.69) is 39.5 Å². The first-order valence-electron chi connectivity index (χ1n) is 10.3. The fourth-order valence-electron chi connectivity index (χ4n) is 4.25. The SMILES string of the molecule is CC(=O)Nc1cccc(Cn2c3cc(-c4cccs4)ccc3c3c(C(N)=O)cccc32)c1. The van der Waals surface area contributed by atoms with Crippen LogP contribution in [0.15, 0.2) is 78.2 Å². The van der Waals surface area contributed by atoms with E-state index in [-0.39, 0.29) is 5.91 Å². The van der Waals surface area contributed by atoms with Crippen molar-refractivity contribution >= 4 is 50.6 Å². The van der Waals surface area contributed by atoms with E-state index in [4.69, 9.17) is 5.73 Å². The lowest BCUT2D eigenvalue weighted by molar-refractivity contribution is -0.114. The molecule has 0 aliphatic carbocycles. The van der Waals surface area contributed by atoms with Gasteiger partial charge >= 0.3 is 0 Å². The average molecular weight is 440 g/mol. The normalized spacial score (nSPS) is 11.2. The summed E-state index contributed by atoms with van der Waals surface area (Å²) in [6.45, 7) is 2.08. The van der Waals surface area contributed by atoms with E-state index in [1.165, 1.54) is 11.8 Å². The highest BCUT2D eigenvalue weighted by atomic mass is 32.1. The second-order valence-electron chi connectivity index (χ2n) is 7.74. The Hall–Kier alpha value is -3.90. The summed E-state index contributed by atoms with van der Waals surface area (Å²) >= 11 is 1.69.